The number of hydrogen-bond donors (Lipinski definition) is 1. The van der Waals surface area contributed by atoms with Crippen LogP contribution >= 0.6 is 0 Å². The topological polar surface area (TPSA) is 84.9 Å². The van der Waals surface area contributed by atoms with Crippen LogP contribution in [-0.2, 0) is 19.1 Å². The maximum Gasteiger partial charge on any atom is 0.426 e. The van der Waals surface area contributed by atoms with E-state index in [4.69, 9.17) is 4.74 Å². The third-order valence-corrected chi connectivity index (χ3v) is 3.43. The number of nitrogens with one attached hydrogen (secondary N) is 1. The number of likely N-dealkylation sites (tertiary alicyclic amines) is 1. The van der Waals surface area contributed by atoms with Gasteiger partial charge in [0.25, 0.3) is 0 Å². The van der Waals surface area contributed by atoms with E-state index in [1.54, 1.807) is 20.8 Å². The van der Waals surface area contributed by atoms with Gasteiger partial charge in [-0.25, -0.2) is 14.4 Å². The van der Waals surface area contributed by atoms with Crippen LogP contribution in [0, 0.1) is 5.92 Å². The lowest BCUT2D eigenvalue weighted by atomic mass is 10.1. The molecule has 2 fully saturated rings. The molecule has 2 aliphatic rings. The fourth-order valence-corrected chi connectivity index (χ4v) is 2.58. The van der Waals surface area contributed by atoms with E-state index >= 15 is 0 Å². The molecule has 0 aliphatic carbocycles. The first kappa shape index (κ1) is 14.8. The van der Waals surface area contributed by atoms with Gasteiger partial charge in [0.05, 0.1) is 6.04 Å². The molecule has 2 atom stereocenters. The van der Waals surface area contributed by atoms with Gasteiger partial charge in [0.15, 0.2) is 0 Å². The summed E-state index contributed by atoms with van der Waals surface area (Å²) in [5, 5.41) is 3.19. The molecular weight excluding hydrogens is 264 g/mol. The molecule has 0 saturated carbocycles. The van der Waals surface area contributed by atoms with Gasteiger partial charge in [-0.15, -0.1) is 0 Å². The third-order valence-electron chi connectivity index (χ3n) is 3.43. The van der Waals surface area contributed by atoms with E-state index in [0.29, 0.717) is 19.0 Å². The summed E-state index contributed by atoms with van der Waals surface area (Å²) in [6.45, 7) is 7.02. The average molecular weight is 284 g/mol. The summed E-state index contributed by atoms with van der Waals surface area (Å²) in [4.78, 5) is 36.4. The zero-order chi connectivity index (χ0) is 14.9. The van der Waals surface area contributed by atoms with Crippen LogP contribution in [0.5, 0.6) is 0 Å². The SMILES string of the molecule is CC(C)(C)OC(=O)C(=O)OC(=O)N1CC[C@@H]2CNC[C@@H]21. The summed E-state index contributed by atoms with van der Waals surface area (Å²) in [5.41, 5.74) is -0.798. The predicted octanol–water partition coefficient (Wildman–Crippen LogP) is 0.285. The maximum absolute atomic E-state index is 11.9. The van der Waals surface area contributed by atoms with Gasteiger partial charge < -0.3 is 19.7 Å². The first-order valence-corrected chi connectivity index (χ1v) is 6.74. The van der Waals surface area contributed by atoms with Gasteiger partial charge in [0.2, 0.25) is 0 Å². The van der Waals surface area contributed by atoms with Crippen LogP contribution in [0.2, 0.25) is 0 Å². The van der Waals surface area contributed by atoms with Crippen LogP contribution in [0.1, 0.15) is 27.2 Å². The maximum atomic E-state index is 11.9. The average Bonchev–Trinajstić information content (AvgIpc) is 2.87. The molecule has 1 amide bonds. The Hall–Kier alpha value is -1.63. The Kier molecular flexibility index (Phi) is 3.99. The standard InChI is InChI=1S/C13H20N2O5/c1-13(2,3)20-11(17)10(16)19-12(18)15-5-4-8-6-14-7-9(8)15/h8-9,14H,4-7H2,1-3H3/t8-,9+/m1/s1. The van der Waals surface area contributed by atoms with Gasteiger partial charge in [-0.1, -0.05) is 0 Å². The van der Waals surface area contributed by atoms with Gasteiger partial charge >= 0.3 is 18.0 Å². The van der Waals surface area contributed by atoms with Crippen molar-refractivity contribution >= 4 is 18.0 Å². The lowest BCUT2D eigenvalue weighted by molar-refractivity contribution is -0.171. The molecule has 2 saturated heterocycles. The van der Waals surface area contributed by atoms with E-state index in [0.717, 1.165) is 13.0 Å². The van der Waals surface area contributed by atoms with E-state index in [9.17, 15) is 14.4 Å². The van der Waals surface area contributed by atoms with E-state index in [-0.39, 0.29) is 6.04 Å². The Morgan fingerprint density at radius 2 is 1.85 bits per heavy atom. The minimum atomic E-state index is -1.26. The largest absolute Gasteiger partial charge is 0.452 e. The summed E-state index contributed by atoms with van der Waals surface area (Å²) in [6.07, 6.45) is 0.116. The van der Waals surface area contributed by atoms with E-state index in [2.05, 4.69) is 10.1 Å². The number of carbonyl (C=O) groups is 3. The fourth-order valence-electron chi connectivity index (χ4n) is 2.58. The van der Waals surface area contributed by atoms with Crippen molar-refractivity contribution in [2.24, 2.45) is 5.92 Å². The monoisotopic (exact) mass is 284 g/mol. The normalized spacial score (nSPS) is 25.2. The number of ether oxygens (including phenoxy) is 2. The van der Waals surface area contributed by atoms with Crippen molar-refractivity contribution < 1.29 is 23.9 Å². The summed E-state index contributed by atoms with van der Waals surface area (Å²) in [6, 6.07) is 0.0499. The van der Waals surface area contributed by atoms with E-state index in [1.807, 2.05) is 0 Å². The molecule has 1 N–H and O–H groups in total. The van der Waals surface area contributed by atoms with Crippen molar-refractivity contribution in [2.75, 3.05) is 19.6 Å². The van der Waals surface area contributed by atoms with Gasteiger partial charge in [-0.05, 0) is 33.1 Å². The molecule has 0 aromatic rings. The van der Waals surface area contributed by atoms with Crippen molar-refractivity contribution in [1.82, 2.24) is 10.2 Å². The lowest BCUT2D eigenvalue weighted by Crippen LogP contribution is -2.41. The second-order valence-electron chi connectivity index (χ2n) is 6.13. The Bertz CT molecular complexity index is 429. The number of hydrogen-bond acceptors (Lipinski definition) is 6. The number of fused-ring (bicyclic) bond motifs is 1. The highest BCUT2D eigenvalue weighted by molar-refractivity contribution is 6.31. The Balaban J connectivity index is 1.88. The molecule has 2 aliphatic heterocycles. The lowest BCUT2D eigenvalue weighted by Gasteiger charge is -2.22. The van der Waals surface area contributed by atoms with E-state index < -0.39 is 23.6 Å². The quantitative estimate of drug-likeness (QED) is 0.391. The summed E-state index contributed by atoms with van der Waals surface area (Å²) in [7, 11) is 0. The van der Waals surface area contributed by atoms with Crippen LogP contribution < -0.4 is 5.32 Å². The molecule has 20 heavy (non-hydrogen) atoms. The van der Waals surface area contributed by atoms with Crippen LogP contribution in [-0.4, -0.2) is 54.2 Å². The number of amides is 1. The van der Waals surface area contributed by atoms with Gasteiger partial charge in [-0.3, -0.25) is 0 Å². The molecular formula is C13H20N2O5. The van der Waals surface area contributed by atoms with Crippen molar-refractivity contribution in [3.63, 3.8) is 0 Å². The van der Waals surface area contributed by atoms with E-state index in [1.165, 1.54) is 4.90 Å². The summed E-state index contributed by atoms with van der Waals surface area (Å²) < 4.78 is 9.45. The first-order chi connectivity index (χ1) is 9.28. The zero-order valence-electron chi connectivity index (χ0n) is 12.0. The van der Waals surface area contributed by atoms with Crippen molar-refractivity contribution in [2.45, 2.75) is 38.8 Å². The Morgan fingerprint density at radius 3 is 2.50 bits per heavy atom. The first-order valence-electron chi connectivity index (χ1n) is 6.74. The highest BCUT2D eigenvalue weighted by atomic mass is 16.6. The zero-order valence-corrected chi connectivity index (χ0v) is 12.0. The molecule has 0 spiro atoms. The minimum absolute atomic E-state index is 0.0499. The minimum Gasteiger partial charge on any atom is -0.452 e. The Morgan fingerprint density at radius 1 is 1.15 bits per heavy atom. The van der Waals surface area contributed by atoms with Crippen LogP contribution in [0.3, 0.4) is 0 Å². The molecule has 2 heterocycles. The molecule has 112 valence electrons. The van der Waals surface area contributed by atoms with Gasteiger partial charge in [-0.2, -0.15) is 0 Å². The second-order valence-corrected chi connectivity index (χ2v) is 6.13. The van der Waals surface area contributed by atoms with Crippen LogP contribution in [0.15, 0.2) is 0 Å². The van der Waals surface area contributed by atoms with Crippen molar-refractivity contribution in [3.05, 3.63) is 0 Å². The van der Waals surface area contributed by atoms with Crippen LogP contribution in [0.4, 0.5) is 4.79 Å². The molecule has 0 aromatic heterocycles. The van der Waals surface area contributed by atoms with Gasteiger partial charge in [0, 0.05) is 19.6 Å². The number of nitrogens with zero attached hydrogens (tertiary/aromatic N) is 1. The molecule has 2 rings (SSSR count). The Labute approximate surface area is 117 Å². The summed E-state index contributed by atoms with van der Waals surface area (Å²) in [5.74, 6) is -2.01. The van der Waals surface area contributed by atoms with Crippen LogP contribution in [0.25, 0.3) is 0 Å². The highest BCUT2D eigenvalue weighted by Gasteiger charge is 2.41. The number of rotatable bonds is 0. The molecule has 0 bridgehead atoms. The van der Waals surface area contributed by atoms with Crippen molar-refractivity contribution in [3.8, 4) is 0 Å². The summed E-state index contributed by atoms with van der Waals surface area (Å²) >= 11 is 0. The number of carbonyl (C=O) groups excluding carboxylic acids is 3. The van der Waals surface area contributed by atoms with Crippen molar-refractivity contribution in [1.29, 1.82) is 0 Å². The highest BCUT2D eigenvalue weighted by Crippen LogP contribution is 2.27. The molecule has 7 nitrogen and oxygen atoms in total. The molecule has 7 heteroatoms. The smallest absolute Gasteiger partial charge is 0.426 e. The fraction of sp³-hybridized carbons (Fsp3) is 0.769. The van der Waals surface area contributed by atoms with Gasteiger partial charge in [0.1, 0.15) is 5.60 Å². The second kappa shape index (κ2) is 5.40. The molecule has 0 unspecified atom stereocenters. The number of esters is 2. The molecule has 0 aromatic carbocycles. The predicted molar refractivity (Wildman–Crippen MR) is 68.8 cm³/mol. The third kappa shape index (κ3) is 3.27. The molecule has 0 radical (unpaired) electrons.